The molecule has 8 nitrogen and oxygen atoms in total. The van der Waals surface area contributed by atoms with Gasteiger partial charge in [0, 0.05) is 19.5 Å². The van der Waals surface area contributed by atoms with Crippen molar-refractivity contribution in [3.63, 3.8) is 0 Å². The first kappa shape index (κ1) is 22.6. The maximum absolute atomic E-state index is 12.8. The molecule has 0 radical (unpaired) electrons. The monoisotopic (exact) mass is 421 g/mol. The van der Waals surface area contributed by atoms with Gasteiger partial charge in [0.15, 0.2) is 10.9 Å². The summed E-state index contributed by atoms with van der Waals surface area (Å²) in [6, 6.07) is 3.19. The van der Waals surface area contributed by atoms with Crippen LogP contribution in [-0.4, -0.2) is 42.5 Å². The molecular formula is C20H27N3O5S. The number of aromatic nitrogens is 1. The summed E-state index contributed by atoms with van der Waals surface area (Å²) in [5.41, 5.74) is 0.544. The molecule has 1 N–H and O–H groups in total. The minimum absolute atomic E-state index is 0.117. The van der Waals surface area contributed by atoms with Crippen LogP contribution in [0.25, 0.3) is 0 Å². The van der Waals surface area contributed by atoms with Crippen LogP contribution in [0, 0.1) is 6.92 Å². The summed E-state index contributed by atoms with van der Waals surface area (Å²) >= 11 is 1.16. The molecule has 2 heterocycles. The number of carbonyl (C=O) groups excluding carboxylic acids is 3. The molecule has 0 fully saturated rings. The minimum Gasteiger partial charge on any atom is -0.462 e. The van der Waals surface area contributed by atoms with Crippen LogP contribution >= 0.6 is 11.3 Å². The third kappa shape index (κ3) is 6.42. The Kier molecular flexibility index (Phi) is 8.85. The average molecular weight is 422 g/mol. The summed E-state index contributed by atoms with van der Waals surface area (Å²) < 4.78 is 10.1. The van der Waals surface area contributed by atoms with Crippen molar-refractivity contribution in [3.8, 4) is 0 Å². The number of rotatable bonds is 11. The molecule has 0 unspecified atom stereocenters. The summed E-state index contributed by atoms with van der Waals surface area (Å²) in [7, 11) is 0. The predicted molar refractivity (Wildman–Crippen MR) is 110 cm³/mol. The molecule has 29 heavy (non-hydrogen) atoms. The third-order valence-electron chi connectivity index (χ3n) is 4.13. The van der Waals surface area contributed by atoms with Crippen LogP contribution < -0.4 is 10.2 Å². The molecule has 158 valence electrons. The van der Waals surface area contributed by atoms with Crippen molar-refractivity contribution in [2.75, 3.05) is 24.6 Å². The zero-order chi connectivity index (χ0) is 21.2. The molecule has 2 aromatic heterocycles. The molecule has 2 aromatic rings. The Morgan fingerprint density at radius 3 is 2.72 bits per heavy atom. The Bertz CT molecular complexity index is 816. The maximum atomic E-state index is 12.8. The Morgan fingerprint density at radius 2 is 2.07 bits per heavy atom. The summed E-state index contributed by atoms with van der Waals surface area (Å²) in [6.07, 6.45) is 4.36. The molecule has 0 aliphatic rings. The lowest BCUT2D eigenvalue weighted by Gasteiger charge is -2.20. The Morgan fingerprint density at radius 1 is 1.28 bits per heavy atom. The van der Waals surface area contributed by atoms with E-state index in [-0.39, 0.29) is 37.1 Å². The van der Waals surface area contributed by atoms with E-state index in [0.717, 1.165) is 30.6 Å². The number of nitrogens with zero attached hydrogens (tertiary/aromatic N) is 2. The number of furan rings is 1. The van der Waals surface area contributed by atoms with Gasteiger partial charge in [0.1, 0.15) is 4.88 Å². The van der Waals surface area contributed by atoms with Crippen molar-refractivity contribution in [2.45, 2.75) is 46.5 Å². The second-order valence-corrected chi connectivity index (χ2v) is 7.34. The Hall–Kier alpha value is -2.68. The van der Waals surface area contributed by atoms with E-state index in [4.69, 9.17) is 9.15 Å². The van der Waals surface area contributed by atoms with E-state index >= 15 is 0 Å². The van der Waals surface area contributed by atoms with E-state index in [1.54, 1.807) is 30.9 Å². The van der Waals surface area contributed by atoms with Crippen LogP contribution in [0.2, 0.25) is 0 Å². The number of nitrogens with one attached hydrogen (secondary N) is 1. The molecule has 2 rings (SSSR count). The second-order valence-electron chi connectivity index (χ2n) is 6.37. The van der Waals surface area contributed by atoms with Crippen molar-refractivity contribution in [3.05, 3.63) is 34.7 Å². The minimum atomic E-state index is -0.430. The predicted octanol–water partition coefficient (Wildman–Crippen LogP) is 3.56. The highest BCUT2D eigenvalue weighted by Crippen LogP contribution is 2.27. The fourth-order valence-corrected chi connectivity index (χ4v) is 3.65. The summed E-state index contributed by atoms with van der Waals surface area (Å²) in [6.45, 7) is 6.52. The number of anilines is 1. The molecule has 0 spiro atoms. The van der Waals surface area contributed by atoms with Gasteiger partial charge in [0.2, 0.25) is 5.91 Å². The number of esters is 1. The number of hydrogen-bond donors (Lipinski definition) is 1. The summed E-state index contributed by atoms with van der Waals surface area (Å²) in [5.74, 6) is -0.757. The van der Waals surface area contributed by atoms with Crippen LogP contribution in [-0.2, 0) is 9.53 Å². The lowest BCUT2D eigenvalue weighted by atomic mass is 10.2. The standard InChI is InChI=1S/C20H27N3O5S/c1-4-6-7-12-23(20-22-14(3)17(29-20)19(26)27-5-2)16(24)10-11-21-18(25)15-9-8-13-28-15/h8-9,13H,4-7,10-12H2,1-3H3,(H,21,25). The van der Waals surface area contributed by atoms with Crippen molar-refractivity contribution >= 4 is 34.3 Å². The van der Waals surface area contributed by atoms with Gasteiger partial charge < -0.3 is 14.5 Å². The Labute approximate surface area is 174 Å². The fraction of sp³-hybridized carbons (Fsp3) is 0.500. The molecule has 0 bridgehead atoms. The first-order chi connectivity index (χ1) is 14.0. The van der Waals surface area contributed by atoms with E-state index in [2.05, 4.69) is 17.2 Å². The number of unbranched alkanes of at least 4 members (excludes halogenated alkanes) is 2. The molecule has 0 saturated carbocycles. The number of thiazole rings is 1. The molecular weight excluding hydrogens is 394 g/mol. The van der Waals surface area contributed by atoms with E-state index in [0.29, 0.717) is 22.2 Å². The molecule has 0 aliphatic carbocycles. The van der Waals surface area contributed by atoms with E-state index < -0.39 is 5.97 Å². The van der Waals surface area contributed by atoms with Gasteiger partial charge >= 0.3 is 5.97 Å². The van der Waals surface area contributed by atoms with Gasteiger partial charge in [0.25, 0.3) is 5.91 Å². The van der Waals surface area contributed by atoms with Gasteiger partial charge in [-0.15, -0.1) is 0 Å². The lowest BCUT2D eigenvalue weighted by molar-refractivity contribution is -0.118. The van der Waals surface area contributed by atoms with Gasteiger partial charge in [-0.05, 0) is 32.4 Å². The van der Waals surface area contributed by atoms with Crippen LogP contribution in [0.1, 0.15) is 65.5 Å². The fourth-order valence-electron chi connectivity index (χ4n) is 2.64. The van der Waals surface area contributed by atoms with Crippen molar-refractivity contribution in [2.24, 2.45) is 0 Å². The van der Waals surface area contributed by atoms with Gasteiger partial charge in [-0.1, -0.05) is 31.1 Å². The largest absolute Gasteiger partial charge is 0.462 e. The number of ether oxygens (including phenoxy) is 1. The molecule has 0 aliphatic heterocycles. The average Bonchev–Trinajstić information content (AvgIpc) is 3.35. The van der Waals surface area contributed by atoms with E-state index in [1.165, 1.54) is 6.26 Å². The van der Waals surface area contributed by atoms with Crippen molar-refractivity contribution in [1.82, 2.24) is 10.3 Å². The Balaban J connectivity index is 2.04. The number of aryl methyl sites for hydroxylation is 1. The smallest absolute Gasteiger partial charge is 0.350 e. The second kappa shape index (κ2) is 11.4. The maximum Gasteiger partial charge on any atom is 0.350 e. The van der Waals surface area contributed by atoms with Gasteiger partial charge in [-0.25, -0.2) is 9.78 Å². The molecule has 0 atom stereocenters. The van der Waals surface area contributed by atoms with Crippen molar-refractivity contribution in [1.29, 1.82) is 0 Å². The zero-order valence-electron chi connectivity index (χ0n) is 17.0. The van der Waals surface area contributed by atoms with Crippen LogP contribution in [0.3, 0.4) is 0 Å². The van der Waals surface area contributed by atoms with E-state index in [1.807, 2.05) is 0 Å². The third-order valence-corrected chi connectivity index (χ3v) is 5.29. The topological polar surface area (TPSA) is 102 Å². The highest BCUT2D eigenvalue weighted by molar-refractivity contribution is 7.17. The normalized spacial score (nSPS) is 10.6. The van der Waals surface area contributed by atoms with Crippen LogP contribution in [0.15, 0.2) is 22.8 Å². The van der Waals surface area contributed by atoms with Crippen LogP contribution in [0.5, 0.6) is 0 Å². The highest BCUT2D eigenvalue weighted by atomic mass is 32.1. The van der Waals surface area contributed by atoms with Crippen LogP contribution in [0.4, 0.5) is 5.13 Å². The van der Waals surface area contributed by atoms with Gasteiger partial charge in [-0.3, -0.25) is 14.5 Å². The number of amides is 2. The first-order valence-corrected chi connectivity index (χ1v) is 10.6. The van der Waals surface area contributed by atoms with Gasteiger partial charge in [0.05, 0.1) is 18.6 Å². The molecule has 0 saturated heterocycles. The highest BCUT2D eigenvalue weighted by Gasteiger charge is 2.23. The molecule has 0 aromatic carbocycles. The van der Waals surface area contributed by atoms with Gasteiger partial charge in [-0.2, -0.15) is 0 Å². The molecule has 9 heteroatoms. The SMILES string of the molecule is CCCCCN(C(=O)CCNC(=O)c1ccco1)c1nc(C)c(C(=O)OCC)s1. The number of hydrogen-bond acceptors (Lipinski definition) is 7. The van der Waals surface area contributed by atoms with Crippen molar-refractivity contribution < 1.29 is 23.5 Å². The van der Waals surface area contributed by atoms with E-state index in [9.17, 15) is 14.4 Å². The summed E-state index contributed by atoms with van der Waals surface area (Å²) in [5, 5.41) is 3.15. The lowest BCUT2D eigenvalue weighted by Crippen LogP contribution is -2.35. The number of carbonyl (C=O) groups is 3. The zero-order valence-corrected chi connectivity index (χ0v) is 17.8. The molecule has 2 amide bonds. The quantitative estimate of drug-likeness (QED) is 0.440. The first-order valence-electron chi connectivity index (χ1n) is 9.74. The summed E-state index contributed by atoms with van der Waals surface area (Å²) in [4.78, 5) is 43.2.